The van der Waals surface area contributed by atoms with E-state index in [0.717, 1.165) is 36.3 Å². The van der Waals surface area contributed by atoms with Crippen LogP contribution in [-0.4, -0.2) is 45.1 Å². The fourth-order valence-corrected chi connectivity index (χ4v) is 4.55. The number of ether oxygens (including phenoxy) is 1. The molecule has 3 aromatic rings. The van der Waals surface area contributed by atoms with Gasteiger partial charge in [-0.25, -0.2) is 0 Å². The normalized spacial score (nSPS) is 15.9. The number of pyridine rings is 1. The molecule has 1 aromatic carbocycles. The summed E-state index contributed by atoms with van der Waals surface area (Å²) in [5.74, 6) is -1.97. The number of nitrogens with zero attached hydrogens (tertiary/aromatic N) is 3. The number of likely N-dealkylation sites (N-methyl/N-ethyl adjacent to an activating group) is 1. The van der Waals surface area contributed by atoms with Crippen LogP contribution in [0.5, 0.6) is 0 Å². The average molecular weight is 436 g/mol. The van der Waals surface area contributed by atoms with Gasteiger partial charge in [-0.15, -0.1) is 0 Å². The van der Waals surface area contributed by atoms with Crippen molar-refractivity contribution in [2.24, 2.45) is 0 Å². The fraction of sp³-hybridized carbons (Fsp3) is 0.400. The lowest BCUT2D eigenvalue weighted by atomic mass is 9.96. The lowest BCUT2D eigenvalue weighted by molar-refractivity contribution is -0.164. The van der Waals surface area contributed by atoms with Crippen LogP contribution in [0.25, 0.3) is 10.9 Å². The molecule has 168 valence electrons. The summed E-state index contributed by atoms with van der Waals surface area (Å²) in [6.45, 7) is 8.01. The van der Waals surface area contributed by atoms with Crippen molar-refractivity contribution in [3.8, 4) is 0 Å². The summed E-state index contributed by atoms with van der Waals surface area (Å²) in [5, 5.41) is 10.3. The first-order valence-corrected chi connectivity index (χ1v) is 10.8. The minimum Gasteiger partial charge on any atom is -0.481 e. The van der Waals surface area contributed by atoms with E-state index >= 15 is 0 Å². The third-order valence-corrected chi connectivity index (χ3v) is 6.22. The monoisotopic (exact) mass is 435 g/mol. The number of hydrogen-bond donors (Lipinski definition) is 1. The maximum Gasteiger partial charge on any atom is 0.318 e. The molecular formula is C25H29N3O4. The Morgan fingerprint density at radius 3 is 2.69 bits per heavy atom. The molecule has 3 heterocycles. The Labute approximate surface area is 187 Å². The summed E-state index contributed by atoms with van der Waals surface area (Å²) in [5.41, 5.74) is 5.36. The topological polar surface area (TPSA) is 84.7 Å². The molecule has 0 aliphatic carbocycles. The fourth-order valence-electron chi connectivity index (χ4n) is 4.55. The molecule has 7 nitrogen and oxygen atoms in total. The van der Waals surface area contributed by atoms with Gasteiger partial charge in [0.1, 0.15) is 6.42 Å². The Hall–Kier alpha value is -3.19. The van der Waals surface area contributed by atoms with Gasteiger partial charge in [-0.3, -0.25) is 14.6 Å². The SMILES string of the molecule is Cc1ccc2c(c1)c1c(n2CC(C)(OC(=O)CC(=O)O)c2ccc(C)nc2)CCN(C)C1. The van der Waals surface area contributed by atoms with Crippen LogP contribution in [0.3, 0.4) is 0 Å². The molecule has 0 saturated heterocycles. The lowest BCUT2D eigenvalue weighted by Crippen LogP contribution is -2.36. The molecule has 1 unspecified atom stereocenters. The highest BCUT2D eigenvalue weighted by molar-refractivity contribution is 5.90. The van der Waals surface area contributed by atoms with E-state index in [9.17, 15) is 9.59 Å². The Kier molecular flexibility index (Phi) is 5.77. The number of fused-ring (bicyclic) bond motifs is 3. The smallest absolute Gasteiger partial charge is 0.318 e. The van der Waals surface area contributed by atoms with E-state index < -0.39 is 24.0 Å². The van der Waals surface area contributed by atoms with Gasteiger partial charge in [-0.1, -0.05) is 17.7 Å². The third-order valence-electron chi connectivity index (χ3n) is 6.22. The molecule has 0 radical (unpaired) electrons. The Balaban J connectivity index is 1.83. The van der Waals surface area contributed by atoms with E-state index in [0.29, 0.717) is 6.54 Å². The maximum absolute atomic E-state index is 12.4. The number of carboxylic acids is 1. The maximum atomic E-state index is 12.4. The van der Waals surface area contributed by atoms with E-state index in [1.54, 1.807) is 6.20 Å². The van der Waals surface area contributed by atoms with Crippen molar-refractivity contribution in [3.05, 3.63) is 64.6 Å². The van der Waals surface area contributed by atoms with Gasteiger partial charge < -0.3 is 19.3 Å². The average Bonchev–Trinajstić information content (AvgIpc) is 2.99. The number of rotatable bonds is 6. The van der Waals surface area contributed by atoms with Crippen molar-refractivity contribution in [1.29, 1.82) is 0 Å². The molecule has 0 fully saturated rings. The lowest BCUT2D eigenvalue weighted by Gasteiger charge is -2.32. The van der Waals surface area contributed by atoms with Gasteiger partial charge in [0, 0.05) is 53.6 Å². The van der Waals surface area contributed by atoms with Crippen molar-refractivity contribution in [3.63, 3.8) is 0 Å². The number of benzene rings is 1. The standard InChI is InChI=1S/C25H29N3O4/c1-16-5-8-21-19(11-16)20-14-27(4)10-9-22(20)28(21)15-25(3,32-24(31)12-23(29)30)18-7-6-17(2)26-13-18/h5-8,11,13H,9-10,12,14-15H2,1-4H3,(H,29,30). The predicted octanol–water partition coefficient (Wildman–Crippen LogP) is 3.57. The summed E-state index contributed by atoms with van der Waals surface area (Å²) >= 11 is 0. The number of aryl methyl sites for hydroxylation is 2. The number of aliphatic carboxylic acids is 1. The molecule has 4 rings (SSSR count). The van der Waals surface area contributed by atoms with Crippen molar-refractivity contribution >= 4 is 22.8 Å². The molecule has 0 amide bonds. The van der Waals surface area contributed by atoms with Gasteiger partial charge in [0.05, 0.1) is 6.54 Å². The second-order valence-electron chi connectivity index (χ2n) is 8.98. The first-order chi connectivity index (χ1) is 15.2. The largest absolute Gasteiger partial charge is 0.481 e. The van der Waals surface area contributed by atoms with E-state index in [2.05, 4.69) is 46.6 Å². The Morgan fingerprint density at radius 2 is 2.00 bits per heavy atom. The molecule has 1 aliphatic heterocycles. The zero-order chi connectivity index (χ0) is 23.0. The summed E-state index contributed by atoms with van der Waals surface area (Å²) in [4.78, 5) is 30.2. The predicted molar refractivity (Wildman–Crippen MR) is 121 cm³/mol. The number of aromatic nitrogens is 2. The molecule has 1 atom stereocenters. The van der Waals surface area contributed by atoms with Crippen molar-refractivity contribution in [2.75, 3.05) is 13.6 Å². The van der Waals surface area contributed by atoms with Crippen LogP contribution < -0.4 is 0 Å². The zero-order valence-electron chi connectivity index (χ0n) is 19.0. The summed E-state index contributed by atoms with van der Waals surface area (Å²) < 4.78 is 8.08. The van der Waals surface area contributed by atoms with Gasteiger partial charge in [0.2, 0.25) is 0 Å². The third kappa shape index (κ3) is 4.25. The minimum atomic E-state index is -1.21. The number of carbonyl (C=O) groups is 2. The van der Waals surface area contributed by atoms with Gasteiger partial charge in [0.25, 0.3) is 0 Å². The summed E-state index contributed by atoms with van der Waals surface area (Å²) in [7, 11) is 2.12. The quantitative estimate of drug-likeness (QED) is 0.471. The first-order valence-electron chi connectivity index (χ1n) is 10.8. The van der Waals surface area contributed by atoms with Crippen LogP contribution in [0.1, 0.15) is 41.4 Å². The molecule has 1 aliphatic rings. The van der Waals surface area contributed by atoms with Crippen LogP contribution in [0.4, 0.5) is 0 Å². The van der Waals surface area contributed by atoms with Crippen LogP contribution in [-0.2, 0) is 39.4 Å². The number of carboxylic acid groups (broad SMARTS) is 1. The summed E-state index contributed by atoms with van der Waals surface area (Å²) in [6.07, 6.45) is 1.92. The van der Waals surface area contributed by atoms with E-state index in [1.165, 1.54) is 22.2 Å². The molecule has 1 N–H and O–H groups in total. The van der Waals surface area contributed by atoms with Crippen LogP contribution in [0, 0.1) is 13.8 Å². The van der Waals surface area contributed by atoms with Gasteiger partial charge in [0.15, 0.2) is 5.60 Å². The molecular weight excluding hydrogens is 406 g/mol. The van der Waals surface area contributed by atoms with E-state index in [4.69, 9.17) is 9.84 Å². The van der Waals surface area contributed by atoms with E-state index in [-0.39, 0.29) is 0 Å². The molecule has 32 heavy (non-hydrogen) atoms. The number of carbonyl (C=O) groups excluding carboxylic acids is 1. The Bertz CT molecular complexity index is 1180. The second kappa shape index (κ2) is 8.39. The molecule has 0 spiro atoms. The van der Waals surface area contributed by atoms with Gasteiger partial charge >= 0.3 is 11.9 Å². The highest BCUT2D eigenvalue weighted by Gasteiger charge is 2.35. The minimum absolute atomic E-state index is 0.377. The van der Waals surface area contributed by atoms with Crippen molar-refractivity contribution < 1.29 is 19.4 Å². The van der Waals surface area contributed by atoms with E-state index in [1.807, 2.05) is 26.0 Å². The number of hydrogen-bond acceptors (Lipinski definition) is 5. The van der Waals surface area contributed by atoms with Crippen LogP contribution in [0.15, 0.2) is 36.5 Å². The second-order valence-corrected chi connectivity index (χ2v) is 8.98. The van der Waals surface area contributed by atoms with Gasteiger partial charge in [-0.05, 0) is 51.6 Å². The van der Waals surface area contributed by atoms with Gasteiger partial charge in [-0.2, -0.15) is 0 Å². The highest BCUT2D eigenvalue weighted by atomic mass is 16.6. The molecule has 0 bridgehead atoms. The van der Waals surface area contributed by atoms with Crippen molar-refractivity contribution in [2.45, 2.75) is 52.3 Å². The first kappa shape index (κ1) is 22.0. The zero-order valence-corrected chi connectivity index (χ0v) is 19.0. The molecule has 7 heteroatoms. The summed E-state index contributed by atoms with van der Waals surface area (Å²) in [6, 6.07) is 10.2. The van der Waals surface area contributed by atoms with Crippen LogP contribution >= 0.6 is 0 Å². The van der Waals surface area contributed by atoms with Crippen molar-refractivity contribution in [1.82, 2.24) is 14.5 Å². The highest BCUT2D eigenvalue weighted by Crippen LogP contribution is 2.36. The molecule has 0 saturated carbocycles. The molecule has 2 aromatic heterocycles. The van der Waals surface area contributed by atoms with Crippen LogP contribution in [0.2, 0.25) is 0 Å². The number of esters is 1. The Morgan fingerprint density at radius 1 is 1.22 bits per heavy atom.